The van der Waals surface area contributed by atoms with Crippen molar-refractivity contribution in [2.75, 3.05) is 5.32 Å². The molecule has 1 amide bonds. The molecule has 1 aromatic rings. The van der Waals surface area contributed by atoms with Crippen molar-refractivity contribution in [1.29, 1.82) is 0 Å². The number of amides is 1. The highest BCUT2D eigenvalue weighted by Gasteiger charge is 2.01. The van der Waals surface area contributed by atoms with Crippen molar-refractivity contribution in [3.05, 3.63) is 36.0 Å². The standard InChI is InChI=1S/C10H11ClN2O/c1-2-3-4-10(14)13-9-7-8(11)5-6-12-9/h2,5-7H,1,3-4H2,(H,12,13,14). The summed E-state index contributed by atoms with van der Waals surface area (Å²) in [7, 11) is 0. The van der Waals surface area contributed by atoms with Crippen LogP contribution in [0.1, 0.15) is 12.8 Å². The van der Waals surface area contributed by atoms with Crippen LogP contribution in [0.5, 0.6) is 0 Å². The van der Waals surface area contributed by atoms with Gasteiger partial charge in [-0.15, -0.1) is 6.58 Å². The highest BCUT2D eigenvalue weighted by Crippen LogP contribution is 2.11. The lowest BCUT2D eigenvalue weighted by Gasteiger charge is -2.02. The summed E-state index contributed by atoms with van der Waals surface area (Å²) in [6, 6.07) is 3.26. The summed E-state index contributed by atoms with van der Waals surface area (Å²) in [4.78, 5) is 15.2. The van der Waals surface area contributed by atoms with Crippen LogP contribution in [0, 0.1) is 0 Å². The number of aromatic nitrogens is 1. The molecule has 1 aromatic heterocycles. The fourth-order valence-electron chi connectivity index (χ4n) is 0.912. The van der Waals surface area contributed by atoms with Gasteiger partial charge in [0, 0.05) is 17.6 Å². The van der Waals surface area contributed by atoms with E-state index < -0.39 is 0 Å². The SMILES string of the molecule is C=CCCC(=O)Nc1cc(Cl)ccn1. The lowest BCUT2D eigenvalue weighted by atomic mass is 10.3. The van der Waals surface area contributed by atoms with Gasteiger partial charge in [-0.2, -0.15) is 0 Å². The van der Waals surface area contributed by atoms with E-state index in [4.69, 9.17) is 11.6 Å². The Morgan fingerprint density at radius 3 is 3.14 bits per heavy atom. The average Bonchev–Trinajstić information content (AvgIpc) is 2.15. The number of pyridine rings is 1. The molecule has 0 radical (unpaired) electrons. The summed E-state index contributed by atoms with van der Waals surface area (Å²) in [5.74, 6) is 0.395. The topological polar surface area (TPSA) is 42.0 Å². The maximum atomic E-state index is 11.2. The second-order valence-corrected chi connectivity index (χ2v) is 3.17. The van der Waals surface area contributed by atoms with Gasteiger partial charge < -0.3 is 5.32 Å². The Morgan fingerprint density at radius 2 is 2.50 bits per heavy atom. The zero-order valence-electron chi connectivity index (χ0n) is 7.66. The first-order valence-corrected chi connectivity index (χ1v) is 4.62. The van der Waals surface area contributed by atoms with Gasteiger partial charge in [0.25, 0.3) is 0 Å². The third-order valence-electron chi connectivity index (χ3n) is 1.56. The molecule has 1 rings (SSSR count). The van der Waals surface area contributed by atoms with Crippen molar-refractivity contribution in [2.45, 2.75) is 12.8 Å². The maximum Gasteiger partial charge on any atom is 0.225 e. The zero-order valence-corrected chi connectivity index (χ0v) is 8.42. The van der Waals surface area contributed by atoms with Gasteiger partial charge in [0.15, 0.2) is 0 Å². The number of allylic oxidation sites excluding steroid dienone is 1. The molecule has 0 unspecified atom stereocenters. The van der Waals surface area contributed by atoms with Crippen LogP contribution in [0.2, 0.25) is 5.02 Å². The van der Waals surface area contributed by atoms with Gasteiger partial charge >= 0.3 is 0 Å². The van der Waals surface area contributed by atoms with E-state index in [1.807, 2.05) is 0 Å². The molecule has 74 valence electrons. The Morgan fingerprint density at radius 1 is 1.71 bits per heavy atom. The Kier molecular flexibility index (Phi) is 4.13. The number of rotatable bonds is 4. The minimum atomic E-state index is -0.0836. The predicted molar refractivity (Wildman–Crippen MR) is 57.3 cm³/mol. The van der Waals surface area contributed by atoms with Crippen molar-refractivity contribution in [3.63, 3.8) is 0 Å². The summed E-state index contributed by atoms with van der Waals surface area (Å²) >= 11 is 5.73. The van der Waals surface area contributed by atoms with Crippen LogP contribution in [-0.2, 0) is 4.79 Å². The van der Waals surface area contributed by atoms with E-state index in [0.717, 1.165) is 0 Å². The first-order chi connectivity index (χ1) is 6.72. The third-order valence-corrected chi connectivity index (χ3v) is 1.80. The maximum absolute atomic E-state index is 11.2. The van der Waals surface area contributed by atoms with Crippen molar-refractivity contribution in [3.8, 4) is 0 Å². The van der Waals surface area contributed by atoms with Gasteiger partial charge in [-0.05, 0) is 18.6 Å². The molecule has 0 saturated carbocycles. The number of carbonyl (C=O) groups excluding carboxylic acids is 1. The monoisotopic (exact) mass is 210 g/mol. The van der Waals surface area contributed by atoms with E-state index in [1.54, 1.807) is 24.4 Å². The highest BCUT2D eigenvalue weighted by molar-refractivity contribution is 6.30. The summed E-state index contributed by atoms with van der Waals surface area (Å²) in [6.07, 6.45) is 4.32. The van der Waals surface area contributed by atoms with E-state index >= 15 is 0 Å². The fourth-order valence-corrected chi connectivity index (χ4v) is 1.07. The lowest BCUT2D eigenvalue weighted by Crippen LogP contribution is -2.11. The van der Waals surface area contributed by atoms with Gasteiger partial charge in [-0.1, -0.05) is 17.7 Å². The first kappa shape index (κ1) is 10.7. The van der Waals surface area contributed by atoms with E-state index in [2.05, 4.69) is 16.9 Å². The number of carbonyl (C=O) groups is 1. The molecule has 0 spiro atoms. The molecule has 0 bridgehead atoms. The molecule has 1 N–H and O–H groups in total. The summed E-state index contributed by atoms with van der Waals surface area (Å²) < 4.78 is 0. The van der Waals surface area contributed by atoms with E-state index in [1.165, 1.54) is 0 Å². The second-order valence-electron chi connectivity index (χ2n) is 2.73. The third kappa shape index (κ3) is 3.58. The van der Waals surface area contributed by atoms with Crippen LogP contribution in [0.3, 0.4) is 0 Å². The van der Waals surface area contributed by atoms with E-state index in [0.29, 0.717) is 23.7 Å². The highest BCUT2D eigenvalue weighted by atomic mass is 35.5. The van der Waals surface area contributed by atoms with Crippen molar-refractivity contribution >= 4 is 23.3 Å². The van der Waals surface area contributed by atoms with E-state index in [9.17, 15) is 4.79 Å². The van der Waals surface area contributed by atoms with Crippen molar-refractivity contribution in [2.24, 2.45) is 0 Å². The molecular formula is C10H11ClN2O. The molecular weight excluding hydrogens is 200 g/mol. The van der Waals surface area contributed by atoms with Crippen molar-refractivity contribution < 1.29 is 4.79 Å². The van der Waals surface area contributed by atoms with E-state index in [-0.39, 0.29) is 5.91 Å². The van der Waals surface area contributed by atoms with Gasteiger partial charge in [-0.3, -0.25) is 4.79 Å². The molecule has 3 nitrogen and oxygen atoms in total. The van der Waals surface area contributed by atoms with Crippen LogP contribution in [0.4, 0.5) is 5.82 Å². The Bertz CT molecular complexity index is 339. The number of halogens is 1. The van der Waals surface area contributed by atoms with Crippen LogP contribution in [0.15, 0.2) is 31.0 Å². The number of hydrogen-bond donors (Lipinski definition) is 1. The van der Waals surface area contributed by atoms with Gasteiger partial charge in [0.1, 0.15) is 5.82 Å². The fraction of sp³-hybridized carbons (Fsp3) is 0.200. The Hall–Kier alpha value is -1.35. The summed E-state index contributed by atoms with van der Waals surface area (Å²) in [5.41, 5.74) is 0. The smallest absolute Gasteiger partial charge is 0.225 e. The molecule has 0 aliphatic heterocycles. The van der Waals surface area contributed by atoms with Crippen LogP contribution >= 0.6 is 11.6 Å². The molecule has 0 fully saturated rings. The largest absolute Gasteiger partial charge is 0.311 e. The molecule has 4 heteroatoms. The van der Waals surface area contributed by atoms with Crippen LogP contribution < -0.4 is 5.32 Å². The van der Waals surface area contributed by atoms with Gasteiger partial charge in [0.2, 0.25) is 5.91 Å². The average molecular weight is 211 g/mol. The quantitative estimate of drug-likeness (QED) is 0.777. The van der Waals surface area contributed by atoms with Crippen LogP contribution in [-0.4, -0.2) is 10.9 Å². The Balaban J connectivity index is 2.51. The lowest BCUT2D eigenvalue weighted by molar-refractivity contribution is -0.116. The predicted octanol–water partition coefficient (Wildman–Crippen LogP) is 2.64. The number of hydrogen-bond acceptors (Lipinski definition) is 2. The molecule has 14 heavy (non-hydrogen) atoms. The first-order valence-electron chi connectivity index (χ1n) is 4.24. The minimum absolute atomic E-state index is 0.0836. The number of anilines is 1. The minimum Gasteiger partial charge on any atom is -0.311 e. The molecule has 0 saturated heterocycles. The second kappa shape index (κ2) is 5.40. The zero-order chi connectivity index (χ0) is 10.4. The number of nitrogens with one attached hydrogen (secondary N) is 1. The van der Waals surface area contributed by atoms with Gasteiger partial charge in [0.05, 0.1) is 0 Å². The van der Waals surface area contributed by atoms with Crippen LogP contribution in [0.25, 0.3) is 0 Å². The van der Waals surface area contributed by atoms with Crippen molar-refractivity contribution in [1.82, 2.24) is 4.98 Å². The summed E-state index contributed by atoms with van der Waals surface area (Å²) in [5, 5.41) is 3.19. The molecule has 0 aromatic carbocycles. The molecule has 0 atom stereocenters. The Labute approximate surface area is 87.8 Å². The summed E-state index contributed by atoms with van der Waals surface area (Å²) in [6.45, 7) is 3.54. The molecule has 0 aliphatic rings. The van der Waals surface area contributed by atoms with Gasteiger partial charge in [-0.25, -0.2) is 4.98 Å². The normalized spacial score (nSPS) is 9.50. The molecule has 0 aliphatic carbocycles. The number of nitrogens with zero attached hydrogens (tertiary/aromatic N) is 1. The molecule has 1 heterocycles.